The highest BCUT2D eigenvalue weighted by molar-refractivity contribution is 14.0. The van der Waals surface area contributed by atoms with Gasteiger partial charge in [0, 0.05) is 18.8 Å². The summed E-state index contributed by atoms with van der Waals surface area (Å²) in [7, 11) is 0. The summed E-state index contributed by atoms with van der Waals surface area (Å²) in [6.07, 6.45) is 6.36. The predicted octanol–water partition coefficient (Wildman–Crippen LogP) is 3.25. The number of nitrogens with two attached hydrogens (primary N) is 1. The van der Waals surface area contributed by atoms with Gasteiger partial charge in [0.25, 0.3) is 0 Å². The number of hydrogen-bond donors (Lipinski definition) is 2. The first-order chi connectivity index (χ1) is 10.7. The molecule has 1 heterocycles. The number of rotatable bonds is 4. The van der Waals surface area contributed by atoms with Crippen LogP contribution in [0.3, 0.4) is 0 Å². The van der Waals surface area contributed by atoms with Crippen LogP contribution in [0.1, 0.15) is 37.3 Å². The van der Waals surface area contributed by atoms with Gasteiger partial charge in [-0.05, 0) is 67.8 Å². The smallest absolute Gasteiger partial charge is 0.193 e. The zero-order valence-corrected chi connectivity index (χ0v) is 16.4. The maximum atomic E-state index is 6.01. The summed E-state index contributed by atoms with van der Waals surface area (Å²) < 4.78 is 0. The fraction of sp³-hybridized carbons (Fsp3) is 0.611. The molecule has 4 nitrogen and oxygen atoms in total. The van der Waals surface area contributed by atoms with E-state index in [9.17, 15) is 0 Å². The van der Waals surface area contributed by atoms with E-state index in [-0.39, 0.29) is 24.0 Å². The quantitative estimate of drug-likeness (QED) is 0.440. The normalized spacial score (nSPS) is 21.6. The largest absolute Gasteiger partial charge is 0.370 e. The highest BCUT2D eigenvalue weighted by atomic mass is 127. The van der Waals surface area contributed by atoms with E-state index < -0.39 is 0 Å². The van der Waals surface area contributed by atoms with Crippen molar-refractivity contribution in [2.75, 3.05) is 31.5 Å². The van der Waals surface area contributed by atoms with E-state index in [1.54, 1.807) is 0 Å². The molecule has 0 bridgehead atoms. The van der Waals surface area contributed by atoms with Crippen molar-refractivity contribution in [1.82, 2.24) is 4.90 Å². The van der Waals surface area contributed by atoms with Crippen molar-refractivity contribution in [2.45, 2.75) is 39.0 Å². The topological polar surface area (TPSA) is 53.6 Å². The molecule has 1 aromatic rings. The second kappa shape index (κ2) is 8.87. The third kappa shape index (κ3) is 5.35. The van der Waals surface area contributed by atoms with Gasteiger partial charge < -0.3 is 16.0 Å². The molecule has 0 spiro atoms. The Morgan fingerprint density at radius 3 is 2.96 bits per heavy atom. The van der Waals surface area contributed by atoms with Gasteiger partial charge in [0.2, 0.25) is 0 Å². The third-order valence-corrected chi connectivity index (χ3v) is 4.81. The molecule has 3 N–H and O–H groups in total. The Kier molecular flexibility index (Phi) is 7.14. The highest BCUT2D eigenvalue weighted by Gasteiger charge is 2.15. The van der Waals surface area contributed by atoms with E-state index in [1.165, 1.54) is 56.3 Å². The fourth-order valence-corrected chi connectivity index (χ4v) is 3.64. The Balaban J connectivity index is 0.00000192. The number of aryl methyl sites for hydroxylation is 2. The molecule has 1 aliphatic heterocycles. The molecule has 1 fully saturated rings. The number of piperidine rings is 1. The van der Waals surface area contributed by atoms with E-state index in [0.717, 1.165) is 24.7 Å². The zero-order chi connectivity index (χ0) is 15.4. The molecular weight excluding hydrogens is 399 g/mol. The van der Waals surface area contributed by atoms with Crippen LogP contribution in [0.4, 0.5) is 5.69 Å². The van der Waals surface area contributed by atoms with Gasteiger partial charge in [0.15, 0.2) is 5.96 Å². The summed E-state index contributed by atoms with van der Waals surface area (Å²) in [5.41, 5.74) is 10.0. The molecule has 0 saturated carbocycles. The van der Waals surface area contributed by atoms with Gasteiger partial charge in [-0.15, -0.1) is 24.0 Å². The third-order valence-electron chi connectivity index (χ3n) is 4.81. The molecule has 1 unspecified atom stereocenters. The summed E-state index contributed by atoms with van der Waals surface area (Å²) in [5, 5.41) is 3.23. The van der Waals surface area contributed by atoms with Crippen molar-refractivity contribution >= 4 is 35.6 Å². The van der Waals surface area contributed by atoms with Crippen LogP contribution in [0, 0.1) is 5.92 Å². The van der Waals surface area contributed by atoms with E-state index in [0.29, 0.717) is 5.96 Å². The molecule has 0 aromatic heterocycles. The van der Waals surface area contributed by atoms with E-state index >= 15 is 0 Å². The Bertz CT molecular complexity index is 544. The van der Waals surface area contributed by atoms with Gasteiger partial charge >= 0.3 is 0 Å². The van der Waals surface area contributed by atoms with Crippen LogP contribution in [0.15, 0.2) is 23.2 Å². The van der Waals surface area contributed by atoms with E-state index in [2.05, 4.69) is 40.3 Å². The number of hydrogen-bond acceptors (Lipinski definition) is 2. The lowest BCUT2D eigenvalue weighted by Gasteiger charge is -2.30. The maximum Gasteiger partial charge on any atom is 0.193 e. The Labute approximate surface area is 156 Å². The number of nitrogens with zero attached hydrogens (tertiary/aromatic N) is 2. The molecule has 1 saturated heterocycles. The molecule has 5 heteroatoms. The molecule has 128 valence electrons. The minimum absolute atomic E-state index is 0. The number of anilines is 1. The van der Waals surface area contributed by atoms with Gasteiger partial charge in [0.1, 0.15) is 0 Å². The van der Waals surface area contributed by atoms with Crippen LogP contribution >= 0.6 is 24.0 Å². The number of nitrogens with one attached hydrogen (secondary N) is 1. The summed E-state index contributed by atoms with van der Waals surface area (Å²) >= 11 is 0. The lowest BCUT2D eigenvalue weighted by atomic mass is 10.0. The molecule has 1 aliphatic carbocycles. The number of aliphatic imine (C=N–C) groups is 1. The predicted molar refractivity (Wildman–Crippen MR) is 109 cm³/mol. The minimum atomic E-state index is 0. The average Bonchev–Trinajstić information content (AvgIpc) is 2.95. The maximum absolute atomic E-state index is 6.01. The van der Waals surface area contributed by atoms with Crippen LogP contribution < -0.4 is 11.1 Å². The van der Waals surface area contributed by atoms with E-state index in [1.807, 2.05) is 0 Å². The van der Waals surface area contributed by atoms with Crippen molar-refractivity contribution < 1.29 is 0 Å². The summed E-state index contributed by atoms with van der Waals surface area (Å²) in [5.74, 6) is 1.35. The summed E-state index contributed by atoms with van der Waals surface area (Å²) in [6.45, 7) is 6.53. The zero-order valence-electron chi connectivity index (χ0n) is 14.1. The summed E-state index contributed by atoms with van der Waals surface area (Å²) in [4.78, 5) is 6.97. The van der Waals surface area contributed by atoms with Crippen molar-refractivity contribution in [2.24, 2.45) is 16.6 Å². The van der Waals surface area contributed by atoms with Crippen molar-refractivity contribution in [3.63, 3.8) is 0 Å². The highest BCUT2D eigenvalue weighted by Crippen LogP contribution is 2.24. The number of likely N-dealkylation sites (tertiary alicyclic amines) is 1. The minimum Gasteiger partial charge on any atom is -0.370 e. The fourth-order valence-electron chi connectivity index (χ4n) is 3.64. The van der Waals surface area contributed by atoms with Gasteiger partial charge in [-0.1, -0.05) is 13.0 Å². The van der Waals surface area contributed by atoms with Gasteiger partial charge in [0.05, 0.1) is 6.54 Å². The van der Waals surface area contributed by atoms with Crippen molar-refractivity contribution in [1.29, 1.82) is 0 Å². The van der Waals surface area contributed by atoms with Crippen LogP contribution in [0.2, 0.25) is 0 Å². The standard InChI is InChI=1S/C18H28N4.HI/c1-14-4-3-10-22(13-14)11-9-20-18(19)21-17-8-7-15-5-2-6-16(15)12-17;/h7-8,12,14H,2-6,9-11,13H2,1H3,(H3,19,20,21);1H. The molecule has 23 heavy (non-hydrogen) atoms. The van der Waals surface area contributed by atoms with Crippen molar-refractivity contribution in [3.8, 4) is 0 Å². The van der Waals surface area contributed by atoms with Crippen LogP contribution in [0.25, 0.3) is 0 Å². The first-order valence-corrected chi connectivity index (χ1v) is 8.62. The van der Waals surface area contributed by atoms with Crippen LogP contribution in [-0.4, -0.2) is 37.0 Å². The number of fused-ring (bicyclic) bond motifs is 1. The Morgan fingerprint density at radius 1 is 1.30 bits per heavy atom. The molecule has 0 amide bonds. The number of halogens is 1. The van der Waals surface area contributed by atoms with Crippen LogP contribution in [0.5, 0.6) is 0 Å². The molecular formula is C18H29IN4. The van der Waals surface area contributed by atoms with Gasteiger partial charge in [-0.25, -0.2) is 0 Å². The first kappa shape index (κ1) is 18.5. The first-order valence-electron chi connectivity index (χ1n) is 8.62. The second-order valence-electron chi connectivity index (χ2n) is 6.78. The second-order valence-corrected chi connectivity index (χ2v) is 6.78. The Morgan fingerprint density at radius 2 is 2.13 bits per heavy atom. The van der Waals surface area contributed by atoms with Crippen molar-refractivity contribution in [3.05, 3.63) is 29.3 Å². The number of guanidine groups is 1. The van der Waals surface area contributed by atoms with Gasteiger partial charge in [-0.2, -0.15) is 0 Å². The lowest BCUT2D eigenvalue weighted by Crippen LogP contribution is -2.36. The molecule has 1 atom stereocenters. The number of benzene rings is 1. The molecule has 1 aromatic carbocycles. The monoisotopic (exact) mass is 428 g/mol. The molecule has 3 rings (SSSR count). The van der Waals surface area contributed by atoms with Crippen LogP contribution in [-0.2, 0) is 12.8 Å². The summed E-state index contributed by atoms with van der Waals surface area (Å²) in [6, 6.07) is 6.54. The Hall–Kier alpha value is -0.820. The van der Waals surface area contributed by atoms with E-state index in [4.69, 9.17) is 5.73 Å². The average molecular weight is 428 g/mol. The SMILES string of the molecule is CC1CCCN(CCN=C(N)Nc2ccc3c(c2)CCC3)C1.I. The lowest BCUT2D eigenvalue weighted by molar-refractivity contribution is 0.189. The van der Waals surface area contributed by atoms with Gasteiger partial charge in [-0.3, -0.25) is 4.99 Å². The molecule has 2 aliphatic rings. The molecule has 0 radical (unpaired) electrons.